The molecule has 0 aromatic carbocycles. The first-order chi connectivity index (χ1) is 6.55. The predicted molar refractivity (Wildman–Crippen MR) is 60.2 cm³/mol. The Morgan fingerprint density at radius 2 is 1.57 bits per heavy atom. The molecule has 0 aliphatic rings. The third-order valence-corrected chi connectivity index (χ3v) is 3.41. The fraction of sp³-hybridized carbons (Fsp3) is 1.00. The summed E-state index contributed by atoms with van der Waals surface area (Å²) < 4.78 is 0. The first-order valence-corrected chi connectivity index (χ1v) is 5.96. The summed E-state index contributed by atoms with van der Waals surface area (Å²) in [7, 11) is 0. The zero-order valence-electron chi connectivity index (χ0n) is 10.1. The molecule has 2 N–H and O–H groups in total. The molecule has 14 heavy (non-hydrogen) atoms. The first-order valence-electron chi connectivity index (χ1n) is 5.96. The van der Waals surface area contributed by atoms with Crippen LogP contribution < -0.4 is 0 Å². The summed E-state index contributed by atoms with van der Waals surface area (Å²) in [5, 5.41) is 20.3. The second-order valence-electron chi connectivity index (χ2n) is 4.21. The van der Waals surface area contributed by atoms with Crippen molar-refractivity contribution in [1.82, 2.24) is 0 Å². The van der Waals surface area contributed by atoms with Crippen molar-refractivity contribution in [3.8, 4) is 0 Å². The van der Waals surface area contributed by atoms with E-state index in [4.69, 9.17) is 0 Å². The average molecular weight is 202 g/mol. The van der Waals surface area contributed by atoms with Crippen LogP contribution in [0.15, 0.2) is 0 Å². The molecule has 0 aliphatic carbocycles. The predicted octanol–water partition coefficient (Wildman–Crippen LogP) is 2.72. The lowest BCUT2D eigenvalue weighted by Gasteiger charge is -2.36. The van der Waals surface area contributed by atoms with Crippen LogP contribution in [0, 0.1) is 5.92 Å². The summed E-state index contributed by atoms with van der Waals surface area (Å²) in [6.45, 7) is 8.07. The Hall–Kier alpha value is -0.0800. The van der Waals surface area contributed by atoms with E-state index in [1.54, 1.807) is 0 Å². The minimum Gasteiger partial charge on any atom is -0.390 e. The van der Waals surface area contributed by atoms with Crippen LogP contribution >= 0.6 is 0 Å². The molecular formula is C12H26O2. The Morgan fingerprint density at radius 3 is 1.86 bits per heavy atom. The van der Waals surface area contributed by atoms with Crippen molar-refractivity contribution in [2.24, 2.45) is 5.92 Å². The molecule has 0 fully saturated rings. The maximum absolute atomic E-state index is 10.2. The Bertz CT molecular complexity index is 141. The Morgan fingerprint density at radius 1 is 1.07 bits per heavy atom. The molecule has 2 heteroatoms. The lowest BCUT2D eigenvalue weighted by atomic mass is 9.80. The molecule has 86 valence electrons. The van der Waals surface area contributed by atoms with Gasteiger partial charge >= 0.3 is 0 Å². The number of aliphatic hydroxyl groups is 2. The number of rotatable bonds is 7. The van der Waals surface area contributed by atoms with Crippen molar-refractivity contribution in [3.05, 3.63) is 0 Å². The molecule has 2 nitrogen and oxygen atoms in total. The molecule has 0 aliphatic heterocycles. The summed E-state index contributed by atoms with van der Waals surface area (Å²) in [5.41, 5.74) is -0.879. The van der Waals surface area contributed by atoms with Crippen molar-refractivity contribution in [3.63, 3.8) is 0 Å². The average Bonchev–Trinajstić information content (AvgIpc) is 2.23. The summed E-state index contributed by atoms with van der Waals surface area (Å²) >= 11 is 0. The monoisotopic (exact) mass is 202 g/mol. The van der Waals surface area contributed by atoms with Crippen LogP contribution in [0.4, 0.5) is 0 Å². The Balaban J connectivity index is 4.44. The SMILES string of the molecule is CCCC(CC)C(O)C(O)(CC)CC. The van der Waals surface area contributed by atoms with Gasteiger partial charge in [0.15, 0.2) is 0 Å². The molecule has 0 saturated carbocycles. The van der Waals surface area contributed by atoms with Crippen molar-refractivity contribution < 1.29 is 10.2 Å². The van der Waals surface area contributed by atoms with Crippen LogP contribution in [0.5, 0.6) is 0 Å². The normalized spacial score (nSPS) is 16.7. The van der Waals surface area contributed by atoms with Gasteiger partial charge in [0.2, 0.25) is 0 Å². The number of aliphatic hydroxyl groups excluding tert-OH is 1. The maximum Gasteiger partial charge on any atom is 0.0902 e. The molecule has 0 rings (SSSR count). The van der Waals surface area contributed by atoms with Crippen molar-refractivity contribution in [2.45, 2.75) is 71.5 Å². The van der Waals surface area contributed by atoms with Gasteiger partial charge < -0.3 is 10.2 Å². The van der Waals surface area contributed by atoms with Gasteiger partial charge in [-0.05, 0) is 25.2 Å². The molecule has 2 unspecified atom stereocenters. The fourth-order valence-electron chi connectivity index (χ4n) is 2.06. The summed E-state index contributed by atoms with van der Waals surface area (Å²) in [5.74, 6) is 0.241. The van der Waals surface area contributed by atoms with Crippen molar-refractivity contribution in [2.75, 3.05) is 0 Å². The van der Waals surface area contributed by atoms with E-state index < -0.39 is 11.7 Å². The van der Waals surface area contributed by atoms with Gasteiger partial charge in [0.25, 0.3) is 0 Å². The molecule has 0 bridgehead atoms. The van der Waals surface area contributed by atoms with Crippen molar-refractivity contribution in [1.29, 1.82) is 0 Å². The van der Waals surface area contributed by atoms with Gasteiger partial charge in [-0.3, -0.25) is 0 Å². The van der Waals surface area contributed by atoms with Crippen LogP contribution in [0.1, 0.15) is 59.8 Å². The first kappa shape index (κ1) is 13.9. The molecule has 0 spiro atoms. The molecule has 0 amide bonds. The minimum atomic E-state index is -0.879. The van der Waals surface area contributed by atoms with Gasteiger partial charge in [0.05, 0.1) is 11.7 Å². The van der Waals surface area contributed by atoms with Crippen LogP contribution in [0.25, 0.3) is 0 Å². The standard InChI is InChI=1S/C12H26O2/c1-5-9-10(6-2)11(13)12(14,7-3)8-4/h10-11,13-14H,5-9H2,1-4H3. The fourth-order valence-corrected chi connectivity index (χ4v) is 2.06. The van der Waals surface area contributed by atoms with Gasteiger partial charge in [0, 0.05) is 0 Å². The summed E-state index contributed by atoms with van der Waals surface area (Å²) in [6, 6.07) is 0. The van der Waals surface area contributed by atoms with Gasteiger partial charge in [-0.15, -0.1) is 0 Å². The molecular weight excluding hydrogens is 176 g/mol. The lowest BCUT2D eigenvalue weighted by Crippen LogP contribution is -2.45. The van der Waals surface area contributed by atoms with Gasteiger partial charge in [-0.25, -0.2) is 0 Å². The van der Waals surface area contributed by atoms with E-state index in [9.17, 15) is 10.2 Å². The highest BCUT2D eigenvalue weighted by Gasteiger charge is 2.36. The van der Waals surface area contributed by atoms with E-state index in [-0.39, 0.29) is 5.92 Å². The van der Waals surface area contributed by atoms with Gasteiger partial charge in [-0.1, -0.05) is 40.5 Å². The maximum atomic E-state index is 10.2. The highest BCUT2D eigenvalue weighted by molar-refractivity contribution is 4.87. The lowest BCUT2D eigenvalue weighted by molar-refractivity contribution is -0.107. The largest absolute Gasteiger partial charge is 0.390 e. The van der Waals surface area contributed by atoms with Gasteiger partial charge in [0.1, 0.15) is 0 Å². The van der Waals surface area contributed by atoms with Crippen LogP contribution in [0.2, 0.25) is 0 Å². The highest BCUT2D eigenvalue weighted by Crippen LogP contribution is 2.29. The van der Waals surface area contributed by atoms with E-state index in [0.717, 1.165) is 19.3 Å². The van der Waals surface area contributed by atoms with E-state index >= 15 is 0 Å². The second kappa shape index (κ2) is 6.41. The van der Waals surface area contributed by atoms with E-state index in [1.165, 1.54) is 0 Å². The molecule has 0 aromatic heterocycles. The quantitative estimate of drug-likeness (QED) is 0.666. The third kappa shape index (κ3) is 3.25. The number of hydrogen-bond donors (Lipinski definition) is 2. The molecule has 0 saturated heterocycles. The molecule has 0 aromatic rings. The van der Waals surface area contributed by atoms with Gasteiger partial charge in [-0.2, -0.15) is 0 Å². The van der Waals surface area contributed by atoms with Crippen LogP contribution in [0.3, 0.4) is 0 Å². The smallest absolute Gasteiger partial charge is 0.0902 e. The zero-order chi connectivity index (χ0) is 11.2. The van der Waals surface area contributed by atoms with Crippen LogP contribution in [-0.2, 0) is 0 Å². The van der Waals surface area contributed by atoms with Crippen LogP contribution in [-0.4, -0.2) is 21.9 Å². The van der Waals surface area contributed by atoms with E-state index in [0.29, 0.717) is 12.8 Å². The minimum absolute atomic E-state index is 0.241. The van der Waals surface area contributed by atoms with E-state index in [1.807, 2.05) is 13.8 Å². The molecule has 2 atom stereocenters. The van der Waals surface area contributed by atoms with Crippen molar-refractivity contribution >= 4 is 0 Å². The zero-order valence-corrected chi connectivity index (χ0v) is 10.1. The second-order valence-corrected chi connectivity index (χ2v) is 4.21. The summed E-state index contributed by atoms with van der Waals surface area (Å²) in [4.78, 5) is 0. The third-order valence-electron chi connectivity index (χ3n) is 3.41. The Labute approximate surface area is 88.3 Å². The topological polar surface area (TPSA) is 40.5 Å². The highest BCUT2D eigenvalue weighted by atomic mass is 16.3. The summed E-state index contributed by atoms with van der Waals surface area (Å²) in [6.07, 6.45) is 3.70. The molecule has 0 radical (unpaired) electrons. The Kier molecular flexibility index (Phi) is 6.38. The molecule has 0 heterocycles. The number of hydrogen-bond acceptors (Lipinski definition) is 2. The van der Waals surface area contributed by atoms with E-state index in [2.05, 4.69) is 13.8 Å².